The third-order valence-electron chi connectivity index (χ3n) is 6.82. The number of nitrogens with zero attached hydrogens (tertiary/aromatic N) is 1. The summed E-state index contributed by atoms with van der Waals surface area (Å²) in [5.41, 5.74) is 3.48. The lowest BCUT2D eigenvalue weighted by atomic mass is 9.87. The summed E-state index contributed by atoms with van der Waals surface area (Å²) in [6.07, 6.45) is 0.692. The molecule has 0 atom stereocenters. The van der Waals surface area contributed by atoms with Crippen LogP contribution >= 0.6 is 0 Å². The molecule has 1 aromatic carbocycles. The van der Waals surface area contributed by atoms with Crippen molar-refractivity contribution < 1.29 is 22.8 Å². The van der Waals surface area contributed by atoms with Crippen LogP contribution in [0.3, 0.4) is 0 Å². The number of urea groups is 1. The van der Waals surface area contributed by atoms with Gasteiger partial charge < -0.3 is 10.2 Å². The predicted octanol–water partition coefficient (Wildman–Crippen LogP) is 1.10. The van der Waals surface area contributed by atoms with Crippen molar-refractivity contribution in [3.63, 3.8) is 0 Å². The number of carbonyl (C=O) groups excluding carboxylic acids is 3. The molecule has 2 saturated heterocycles. The summed E-state index contributed by atoms with van der Waals surface area (Å²) in [4.78, 5) is 37.9. The molecule has 4 amide bonds. The van der Waals surface area contributed by atoms with Crippen molar-refractivity contribution in [2.75, 3.05) is 19.6 Å². The number of nitrogens with one attached hydrogen (secondary N) is 3. The van der Waals surface area contributed by atoms with E-state index in [1.807, 2.05) is 20.8 Å². The molecule has 170 valence electrons. The van der Waals surface area contributed by atoms with Crippen LogP contribution in [0.2, 0.25) is 0 Å². The van der Waals surface area contributed by atoms with Crippen LogP contribution in [0.25, 0.3) is 0 Å². The van der Waals surface area contributed by atoms with Gasteiger partial charge in [-0.05, 0) is 75.3 Å². The summed E-state index contributed by atoms with van der Waals surface area (Å²) in [6, 6.07) is -0.508. The van der Waals surface area contributed by atoms with Gasteiger partial charge in [-0.2, -0.15) is 0 Å². The molecule has 10 heteroatoms. The molecular formula is C21H30N4O5S. The van der Waals surface area contributed by atoms with Gasteiger partial charge in [-0.3, -0.25) is 14.9 Å². The minimum Gasteiger partial charge on any atom is -0.342 e. The van der Waals surface area contributed by atoms with Crippen LogP contribution in [-0.4, -0.2) is 56.3 Å². The summed E-state index contributed by atoms with van der Waals surface area (Å²) < 4.78 is 28.5. The molecule has 1 aromatic rings. The van der Waals surface area contributed by atoms with E-state index in [9.17, 15) is 22.8 Å². The van der Waals surface area contributed by atoms with Crippen LogP contribution in [0.15, 0.2) is 4.90 Å². The first kappa shape index (κ1) is 23.2. The SMILES string of the molecule is Cc1c(C)c(C)c(S(=O)(=O)NCCC(=O)N2CCC3(CC2)NC(=O)NC3=O)c(C)c1C. The quantitative estimate of drug-likeness (QED) is 0.580. The number of hydrogen-bond acceptors (Lipinski definition) is 5. The Kier molecular flexibility index (Phi) is 6.16. The second-order valence-corrected chi connectivity index (χ2v) is 10.2. The minimum atomic E-state index is -3.76. The van der Waals surface area contributed by atoms with E-state index in [1.165, 1.54) is 0 Å². The number of sulfonamides is 1. The van der Waals surface area contributed by atoms with Crippen LogP contribution in [0.4, 0.5) is 4.79 Å². The summed E-state index contributed by atoms with van der Waals surface area (Å²) in [5, 5.41) is 4.89. The molecule has 0 bridgehead atoms. The summed E-state index contributed by atoms with van der Waals surface area (Å²) in [5.74, 6) is -0.543. The molecule has 31 heavy (non-hydrogen) atoms. The lowest BCUT2D eigenvalue weighted by Gasteiger charge is -2.37. The Morgan fingerprint density at radius 1 is 0.968 bits per heavy atom. The van der Waals surface area contributed by atoms with Crippen molar-refractivity contribution in [1.29, 1.82) is 0 Å². The second-order valence-electron chi connectivity index (χ2n) is 8.47. The lowest BCUT2D eigenvalue weighted by molar-refractivity contribution is -0.135. The highest BCUT2D eigenvalue weighted by Gasteiger charge is 2.48. The Bertz CT molecular complexity index is 1030. The number of hydrogen-bond donors (Lipinski definition) is 3. The number of carbonyl (C=O) groups is 3. The highest BCUT2D eigenvalue weighted by molar-refractivity contribution is 7.89. The Morgan fingerprint density at radius 3 is 1.97 bits per heavy atom. The fourth-order valence-electron chi connectivity index (χ4n) is 4.41. The molecule has 0 unspecified atom stereocenters. The molecule has 2 fully saturated rings. The molecule has 0 saturated carbocycles. The summed E-state index contributed by atoms with van der Waals surface area (Å²) >= 11 is 0. The van der Waals surface area contributed by atoms with Gasteiger partial charge in [-0.1, -0.05) is 0 Å². The monoisotopic (exact) mass is 450 g/mol. The van der Waals surface area contributed by atoms with Crippen molar-refractivity contribution in [2.45, 2.75) is 64.3 Å². The maximum Gasteiger partial charge on any atom is 0.322 e. The van der Waals surface area contributed by atoms with E-state index in [0.717, 1.165) is 27.8 Å². The number of rotatable bonds is 5. The molecule has 2 heterocycles. The van der Waals surface area contributed by atoms with E-state index < -0.39 is 21.6 Å². The topological polar surface area (TPSA) is 125 Å². The molecule has 2 aliphatic rings. The van der Waals surface area contributed by atoms with Gasteiger partial charge in [-0.25, -0.2) is 17.9 Å². The van der Waals surface area contributed by atoms with Gasteiger partial charge in [0.25, 0.3) is 5.91 Å². The zero-order chi connectivity index (χ0) is 23.1. The lowest BCUT2D eigenvalue weighted by Crippen LogP contribution is -2.55. The Morgan fingerprint density at radius 2 is 1.48 bits per heavy atom. The highest BCUT2D eigenvalue weighted by Crippen LogP contribution is 2.29. The van der Waals surface area contributed by atoms with Gasteiger partial charge in [-0.15, -0.1) is 0 Å². The van der Waals surface area contributed by atoms with Crippen LogP contribution in [0, 0.1) is 34.6 Å². The molecule has 9 nitrogen and oxygen atoms in total. The molecule has 0 aliphatic carbocycles. The Labute approximate surface area is 183 Å². The van der Waals surface area contributed by atoms with Crippen LogP contribution < -0.4 is 15.4 Å². The normalized spacial score (nSPS) is 18.3. The number of imide groups is 1. The van der Waals surface area contributed by atoms with Gasteiger partial charge in [0.2, 0.25) is 15.9 Å². The van der Waals surface area contributed by atoms with Crippen LogP contribution in [0.5, 0.6) is 0 Å². The van der Waals surface area contributed by atoms with E-state index in [0.29, 0.717) is 25.9 Å². The van der Waals surface area contributed by atoms with E-state index in [2.05, 4.69) is 15.4 Å². The van der Waals surface area contributed by atoms with Crippen LogP contribution in [0.1, 0.15) is 47.1 Å². The summed E-state index contributed by atoms with van der Waals surface area (Å²) in [6.45, 7) is 10.1. The van der Waals surface area contributed by atoms with Crippen molar-refractivity contribution in [1.82, 2.24) is 20.3 Å². The van der Waals surface area contributed by atoms with Crippen LogP contribution in [-0.2, 0) is 19.6 Å². The van der Waals surface area contributed by atoms with E-state index >= 15 is 0 Å². The van der Waals surface area contributed by atoms with Crippen molar-refractivity contribution in [3.05, 3.63) is 27.8 Å². The first-order valence-corrected chi connectivity index (χ1v) is 11.9. The average Bonchev–Trinajstić information content (AvgIpc) is 2.97. The maximum atomic E-state index is 13.0. The molecule has 3 N–H and O–H groups in total. The Balaban J connectivity index is 1.60. The fourth-order valence-corrected chi connectivity index (χ4v) is 6.04. The number of likely N-dealkylation sites (tertiary alicyclic amines) is 1. The van der Waals surface area contributed by atoms with Crippen molar-refractivity contribution >= 4 is 27.9 Å². The van der Waals surface area contributed by atoms with Crippen molar-refractivity contribution in [2.24, 2.45) is 0 Å². The number of amides is 4. The predicted molar refractivity (Wildman–Crippen MR) is 115 cm³/mol. The number of benzene rings is 1. The van der Waals surface area contributed by atoms with Crippen molar-refractivity contribution in [3.8, 4) is 0 Å². The van der Waals surface area contributed by atoms with E-state index in [4.69, 9.17) is 0 Å². The summed E-state index contributed by atoms with van der Waals surface area (Å²) in [7, 11) is -3.76. The largest absolute Gasteiger partial charge is 0.342 e. The standard InChI is InChI=1S/C21H30N4O5S/c1-12-13(2)15(4)18(16(5)14(12)3)31(29,30)22-9-6-17(26)25-10-7-21(8-11-25)19(27)23-20(28)24-21/h22H,6-11H2,1-5H3,(H2,23,24,27,28). The molecule has 1 spiro atoms. The van der Waals surface area contributed by atoms with Gasteiger partial charge in [0, 0.05) is 26.1 Å². The molecule has 0 aromatic heterocycles. The Hall–Kier alpha value is -2.46. The van der Waals surface area contributed by atoms with E-state index in [1.54, 1.807) is 18.7 Å². The van der Waals surface area contributed by atoms with Gasteiger partial charge >= 0.3 is 6.03 Å². The highest BCUT2D eigenvalue weighted by atomic mass is 32.2. The van der Waals surface area contributed by atoms with Gasteiger partial charge in [0.1, 0.15) is 5.54 Å². The third kappa shape index (κ3) is 4.18. The smallest absolute Gasteiger partial charge is 0.322 e. The zero-order valence-electron chi connectivity index (χ0n) is 18.6. The average molecular weight is 451 g/mol. The van der Waals surface area contributed by atoms with Gasteiger partial charge in [0.05, 0.1) is 4.90 Å². The first-order valence-electron chi connectivity index (χ1n) is 10.4. The molecular weight excluding hydrogens is 420 g/mol. The zero-order valence-corrected chi connectivity index (χ0v) is 19.5. The molecule has 3 rings (SSSR count). The molecule has 2 aliphatic heterocycles. The minimum absolute atomic E-state index is 0.00904. The second kappa shape index (κ2) is 8.23. The fraction of sp³-hybridized carbons (Fsp3) is 0.571. The maximum absolute atomic E-state index is 13.0. The van der Waals surface area contributed by atoms with E-state index in [-0.39, 0.29) is 29.7 Å². The first-order chi connectivity index (χ1) is 14.4. The number of piperidine rings is 1. The molecule has 0 radical (unpaired) electrons. The van der Waals surface area contributed by atoms with Gasteiger partial charge in [0.15, 0.2) is 0 Å². The third-order valence-corrected chi connectivity index (χ3v) is 8.55.